The molecule has 0 radical (unpaired) electrons. The molecule has 4 N–H and O–H groups in total. The summed E-state index contributed by atoms with van der Waals surface area (Å²) in [6.45, 7) is 0. The van der Waals surface area contributed by atoms with Gasteiger partial charge in [-0.15, -0.1) is 0 Å². The lowest BCUT2D eigenvalue weighted by Crippen LogP contribution is -1.96. The van der Waals surface area contributed by atoms with Gasteiger partial charge in [0.2, 0.25) is 0 Å². The summed E-state index contributed by atoms with van der Waals surface area (Å²) in [7, 11) is -3.29. The van der Waals surface area contributed by atoms with Crippen LogP contribution in [0.3, 0.4) is 0 Å². The van der Waals surface area contributed by atoms with E-state index in [1.807, 2.05) is 0 Å². The van der Waals surface area contributed by atoms with E-state index >= 15 is 0 Å². The van der Waals surface area contributed by atoms with Gasteiger partial charge < -0.3 is 6.15 Å². The molecule has 46 valence electrons. The van der Waals surface area contributed by atoms with Crippen molar-refractivity contribution in [3.8, 4) is 0 Å². The molecule has 0 aromatic rings. The highest BCUT2D eigenvalue weighted by atomic mass is 32.3. The van der Waals surface area contributed by atoms with E-state index in [1.165, 1.54) is 0 Å². The minimum absolute atomic E-state index is 0. The maximum Gasteiger partial charge on any atom is 0.397 e. The highest BCUT2D eigenvalue weighted by molar-refractivity contribution is 7.80. The monoisotopic (exact) mass is 129 g/mol. The normalized spacial score (nSPS) is 10.0. The fraction of sp³-hybridized carbons (Fsp3) is 1.00. The molecule has 0 aliphatic carbocycles. The van der Waals surface area contributed by atoms with E-state index in [2.05, 4.69) is 4.18 Å². The third kappa shape index (κ3) is 10.7. The highest BCUT2D eigenvalue weighted by Crippen LogP contribution is 1.74. The summed E-state index contributed by atoms with van der Waals surface area (Å²) in [5.41, 5.74) is 0. The molecule has 7 heavy (non-hydrogen) atoms. The Morgan fingerprint density at radius 2 is 1.71 bits per heavy atom. The standard InChI is InChI=1S/CH4O4S.H3N/c1-5-6(2,3)4;/h1H3,(H,2,3,4);1H3. The van der Waals surface area contributed by atoms with Crippen molar-refractivity contribution >= 4 is 10.4 Å². The van der Waals surface area contributed by atoms with Crippen molar-refractivity contribution in [2.45, 2.75) is 0 Å². The maximum absolute atomic E-state index is 9.33. The first kappa shape index (κ1) is 9.95. The molecule has 0 aliphatic heterocycles. The zero-order valence-electron chi connectivity index (χ0n) is 3.79. The molecular formula is CH7NO4S. The second-order valence-corrected chi connectivity index (χ2v) is 1.78. The molecule has 0 spiro atoms. The zero-order valence-corrected chi connectivity index (χ0v) is 4.60. The lowest BCUT2D eigenvalue weighted by molar-refractivity contribution is 0.324. The van der Waals surface area contributed by atoms with Crippen LogP contribution in [-0.2, 0) is 14.6 Å². The van der Waals surface area contributed by atoms with E-state index in [-0.39, 0.29) is 6.15 Å². The Labute approximate surface area is 41.8 Å². The van der Waals surface area contributed by atoms with Gasteiger partial charge in [-0.3, -0.25) is 8.74 Å². The molecule has 0 aromatic carbocycles. The third-order valence-corrected chi connectivity index (χ3v) is 0.632. The van der Waals surface area contributed by atoms with Crippen LogP contribution in [0.4, 0.5) is 0 Å². The van der Waals surface area contributed by atoms with E-state index in [9.17, 15) is 8.42 Å². The summed E-state index contributed by atoms with van der Waals surface area (Å²) in [6.07, 6.45) is 0. The van der Waals surface area contributed by atoms with Crippen LogP contribution in [-0.4, -0.2) is 20.1 Å². The van der Waals surface area contributed by atoms with Gasteiger partial charge >= 0.3 is 10.4 Å². The van der Waals surface area contributed by atoms with Gasteiger partial charge in [-0.25, -0.2) is 0 Å². The molecule has 6 heteroatoms. The lowest BCUT2D eigenvalue weighted by Gasteiger charge is -1.82. The van der Waals surface area contributed by atoms with E-state index < -0.39 is 10.4 Å². The van der Waals surface area contributed by atoms with Gasteiger partial charge in [0.05, 0.1) is 7.11 Å². The molecule has 0 rings (SSSR count). The van der Waals surface area contributed by atoms with E-state index in [0.717, 1.165) is 7.11 Å². The van der Waals surface area contributed by atoms with E-state index in [1.54, 1.807) is 0 Å². The highest BCUT2D eigenvalue weighted by Gasteiger charge is 1.93. The number of hydrogen-bond donors (Lipinski definition) is 2. The molecule has 0 aromatic heterocycles. The van der Waals surface area contributed by atoms with Crippen LogP contribution < -0.4 is 6.15 Å². The largest absolute Gasteiger partial charge is 0.397 e. The molecule has 0 amide bonds. The van der Waals surface area contributed by atoms with Crippen LogP contribution in [0.25, 0.3) is 0 Å². The van der Waals surface area contributed by atoms with Crippen molar-refractivity contribution in [3.63, 3.8) is 0 Å². The van der Waals surface area contributed by atoms with Gasteiger partial charge in [-0.1, -0.05) is 0 Å². The van der Waals surface area contributed by atoms with Gasteiger partial charge in [0.1, 0.15) is 0 Å². The average Bonchev–Trinajstić information content (AvgIpc) is 1.35. The van der Waals surface area contributed by atoms with Crippen LogP contribution >= 0.6 is 0 Å². The van der Waals surface area contributed by atoms with Crippen LogP contribution in [0.2, 0.25) is 0 Å². The summed E-state index contributed by atoms with van der Waals surface area (Å²) in [5.74, 6) is 0. The van der Waals surface area contributed by atoms with E-state index in [0.29, 0.717) is 0 Å². The summed E-state index contributed by atoms with van der Waals surface area (Å²) in [4.78, 5) is 0. The van der Waals surface area contributed by atoms with Gasteiger partial charge in [-0.2, -0.15) is 8.42 Å². The van der Waals surface area contributed by atoms with Gasteiger partial charge in [-0.05, 0) is 0 Å². The molecule has 0 atom stereocenters. The van der Waals surface area contributed by atoms with E-state index in [4.69, 9.17) is 4.55 Å². The molecule has 0 unspecified atom stereocenters. The molecule has 0 saturated carbocycles. The van der Waals surface area contributed by atoms with Crippen molar-refractivity contribution in [2.75, 3.05) is 7.11 Å². The zero-order chi connectivity index (χ0) is 5.21. The number of hydrogen-bond acceptors (Lipinski definition) is 4. The van der Waals surface area contributed by atoms with Gasteiger partial charge in [0.25, 0.3) is 0 Å². The maximum atomic E-state index is 9.33. The quantitative estimate of drug-likeness (QED) is 0.469. The number of rotatable bonds is 1. The van der Waals surface area contributed by atoms with Gasteiger partial charge in [0, 0.05) is 0 Å². The summed E-state index contributed by atoms with van der Waals surface area (Å²) >= 11 is 0. The smallest absolute Gasteiger partial charge is 0.344 e. The predicted molar refractivity (Wildman–Crippen MR) is 23.6 cm³/mol. The second kappa shape index (κ2) is 2.92. The first-order valence-corrected chi connectivity index (χ1v) is 2.46. The van der Waals surface area contributed by atoms with Crippen molar-refractivity contribution in [1.29, 1.82) is 0 Å². The Morgan fingerprint density at radius 1 is 1.57 bits per heavy atom. The molecule has 0 heterocycles. The molecule has 5 nitrogen and oxygen atoms in total. The van der Waals surface area contributed by atoms with Crippen molar-refractivity contribution in [2.24, 2.45) is 0 Å². The van der Waals surface area contributed by atoms with Crippen LogP contribution in [0.1, 0.15) is 0 Å². The Balaban J connectivity index is 0. The average molecular weight is 129 g/mol. The van der Waals surface area contributed by atoms with Crippen molar-refractivity contribution < 1.29 is 17.2 Å². The Hall–Kier alpha value is -0.170. The van der Waals surface area contributed by atoms with Crippen LogP contribution in [0.5, 0.6) is 0 Å². The van der Waals surface area contributed by atoms with Crippen LogP contribution in [0.15, 0.2) is 0 Å². The first-order chi connectivity index (χ1) is 2.56. The second-order valence-electron chi connectivity index (χ2n) is 0.594. The summed E-state index contributed by atoms with van der Waals surface area (Å²) < 4.78 is 29.7. The Kier molecular flexibility index (Phi) is 4.14. The Morgan fingerprint density at radius 3 is 1.71 bits per heavy atom. The van der Waals surface area contributed by atoms with Gasteiger partial charge in [0.15, 0.2) is 0 Å². The van der Waals surface area contributed by atoms with Crippen LogP contribution in [0, 0.1) is 0 Å². The molecule has 0 saturated heterocycles. The molecular weight excluding hydrogens is 122 g/mol. The predicted octanol–water partition coefficient (Wildman–Crippen LogP) is -0.402. The fourth-order valence-corrected chi connectivity index (χ4v) is 0. The minimum atomic E-state index is -4.16. The summed E-state index contributed by atoms with van der Waals surface area (Å²) in [6, 6.07) is 0. The molecule has 0 aliphatic rings. The van der Waals surface area contributed by atoms with Crippen molar-refractivity contribution in [1.82, 2.24) is 6.15 Å². The fourth-order valence-electron chi connectivity index (χ4n) is 0. The molecule has 0 fully saturated rings. The first-order valence-electron chi connectivity index (χ1n) is 1.09. The third-order valence-electron chi connectivity index (χ3n) is 0.211. The minimum Gasteiger partial charge on any atom is -0.344 e. The summed E-state index contributed by atoms with van der Waals surface area (Å²) in [5, 5.41) is 0. The SMILES string of the molecule is COS(=O)(=O)O.N. The lowest BCUT2D eigenvalue weighted by atomic mass is 11.8. The Bertz CT molecular complexity index is 114. The van der Waals surface area contributed by atoms with Crippen molar-refractivity contribution in [3.05, 3.63) is 0 Å². The molecule has 0 bridgehead atoms. The topological polar surface area (TPSA) is 98.6 Å².